The van der Waals surface area contributed by atoms with Gasteiger partial charge in [0.05, 0.1) is 6.54 Å². The van der Waals surface area contributed by atoms with Crippen molar-refractivity contribution >= 4 is 17.7 Å². The molecule has 0 radical (unpaired) electrons. The van der Waals surface area contributed by atoms with Crippen LogP contribution in [0.15, 0.2) is 53.7 Å². The van der Waals surface area contributed by atoms with Gasteiger partial charge in [-0.05, 0) is 49.1 Å². The average molecular weight is 453 g/mol. The maximum Gasteiger partial charge on any atom is 0.220 e. The van der Waals surface area contributed by atoms with Crippen LogP contribution in [0.3, 0.4) is 0 Å². The molecule has 1 saturated carbocycles. The number of halogens is 1. The number of rotatable bonds is 9. The first-order valence-electron chi connectivity index (χ1n) is 11.2. The third kappa shape index (κ3) is 5.97. The SMILES string of the molecule is Cc1ccc(-n2c(CNC(=O)CCC3CCCC3)nnc2SCc2ccc(F)cc2)cc1. The third-order valence-electron chi connectivity index (χ3n) is 5.97. The topological polar surface area (TPSA) is 59.8 Å². The van der Waals surface area contributed by atoms with E-state index in [0.29, 0.717) is 30.5 Å². The van der Waals surface area contributed by atoms with E-state index in [1.165, 1.54) is 43.4 Å². The summed E-state index contributed by atoms with van der Waals surface area (Å²) in [5.41, 5.74) is 3.14. The van der Waals surface area contributed by atoms with Gasteiger partial charge in [0.2, 0.25) is 5.91 Å². The van der Waals surface area contributed by atoms with Crippen LogP contribution in [0.2, 0.25) is 0 Å². The van der Waals surface area contributed by atoms with Crippen molar-refractivity contribution < 1.29 is 9.18 Å². The van der Waals surface area contributed by atoms with Crippen molar-refractivity contribution in [2.45, 2.75) is 62.9 Å². The Hall–Kier alpha value is -2.67. The van der Waals surface area contributed by atoms with E-state index in [1.807, 2.05) is 35.8 Å². The summed E-state index contributed by atoms with van der Waals surface area (Å²) in [6.45, 7) is 2.38. The summed E-state index contributed by atoms with van der Waals surface area (Å²) in [6, 6.07) is 14.7. The molecule has 0 bridgehead atoms. The molecule has 168 valence electrons. The van der Waals surface area contributed by atoms with Gasteiger partial charge >= 0.3 is 0 Å². The predicted octanol–water partition coefficient (Wildman–Crippen LogP) is 5.59. The number of hydrogen-bond acceptors (Lipinski definition) is 4. The van der Waals surface area contributed by atoms with Crippen LogP contribution in [0.25, 0.3) is 5.69 Å². The van der Waals surface area contributed by atoms with Gasteiger partial charge in [-0.3, -0.25) is 9.36 Å². The molecule has 0 saturated heterocycles. The predicted molar refractivity (Wildman–Crippen MR) is 125 cm³/mol. The highest BCUT2D eigenvalue weighted by Crippen LogP contribution is 2.28. The molecular formula is C25H29FN4OS. The molecule has 0 aliphatic heterocycles. The fraction of sp³-hybridized carbons (Fsp3) is 0.400. The normalized spacial score (nSPS) is 14.1. The van der Waals surface area contributed by atoms with Crippen molar-refractivity contribution in [1.82, 2.24) is 20.1 Å². The molecule has 0 atom stereocenters. The number of benzene rings is 2. The zero-order chi connectivity index (χ0) is 22.3. The van der Waals surface area contributed by atoms with Crippen molar-refractivity contribution in [2.75, 3.05) is 0 Å². The first-order valence-corrected chi connectivity index (χ1v) is 12.2. The minimum Gasteiger partial charge on any atom is -0.349 e. The standard InChI is InChI=1S/C25H29FN4OS/c1-18-6-13-22(14-7-18)30-23(16-27-24(31)15-10-19-4-2-3-5-19)28-29-25(30)32-17-20-8-11-21(26)12-9-20/h6-9,11-14,19H,2-5,10,15-17H2,1H3,(H,27,31). The van der Waals surface area contributed by atoms with Gasteiger partial charge in [-0.25, -0.2) is 4.39 Å². The van der Waals surface area contributed by atoms with Crippen molar-refractivity contribution in [1.29, 1.82) is 0 Å². The second kappa shape index (κ2) is 10.8. The van der Waals surface area contributed by atoms with E-state index in [9.17, 15) is 9.18 Å². The number of carbonyl (C=O) groups is 1. The zero-order valence-electron chi connectivity index (χ0n) is 18.4. The van der Waals surface area contributed by atoms with E-state index < -0.39 is 0 Å². The zero-order valence-corrected chi connectivity index (χ0v) is 19.2. The number of amides is 1. The summed E-state index contributed by atoms with van der Waals surface area (Å²) in [5, 5.41) is 12.5. The van der Waals surface area contributed by atoms with Gasteiger partial charge in [-0.15, -0.1) is 10.2 Å². The lowest BCUT2D eigenvalue weighted by molar-refractivity contribution is -0.121. The molecular weight excluding hydrogens is 423 g/mol. The van der Waals surface area contributed by atoms with Crippen molar-refractivity contribution in [2.24, 2.45) is 5.92 Å². The van der Waals surface area contributed by atoms with E-state index in [1.54, 1.807) is 23.9 Å². The van der Waals surface area contributed by atoms with Crippen molar-refractivity contribution in [3.63, 3.8) is 0 Å². The quantitative estimate of drug-likeness (QED) is 0.430. The Morgan fingerprint density at radius 2 is 1.81 bits per heavy atom. The molecule has 1 amide bonds. The molecule has 4 rings (SSSR count). The van der Waals surface area contributed by atoms with E-state index in [2.05, 4.69) is 15.5 Å². The number of aromatic nitrogens is 3. The molecule has 7 heteroatoms. The summed E-state index contributed by atoms with van der Waals surface area (Å²) < 4.78 is 15.2. The molecule has 1 aliphatic rings. The van der Waals surface area contributed by atoms with E-state index in [4.69, 9.17) is 0 Å². The molecule has 1 fully saturated rings. The lowest BCUT2D eigenvalue weighted by atomic mass is 10.0. The first kappa shape index (κ1) is 22.5. The molecule has 0 unspecified atom stereocenters. The molecule has 5 nitrogen and oxygen atoms in total. The van der Waals surface area contributed by atoms with E-state index >= 15 is 0 Å². The Bertz CT molecular complexity index is 1030. The minimum atomic E-state index is -0.243. The van der Waals surface area contributed by atoms with Crippen LogP contribution in [0.5, 0.6) is 0 Å². The van der Waals surface area contributed by atoms with Gasteiger partial charge in [-0.2, -0.15) is 0 Å². The molecule has 1 heterocycles. The second-order valence-electron chi connectivity index (χ2n) is 8.45. The fourth-order valence-electron chi connectivity index (χ4n) is 4.09. The molecule has 32 heavy (non-hydrogen) atoms. The van der Waals surface area contributed by atoms with Gasteiger partial charge in [0, 0.05) is 17.9 Å². The Labute approximate surface area is 192 Å². The van der Waals surface area contributed by atoms with Gasteiger partial charge in [0.15, 0.2) is 11.0 Å². The van der Waals surface area contributed by atoms with Crippen LogP contribution in [0, 0.1) is 18.7 Å². The van der Waals surface area contributed by atoms with Gasteiger partial charge in [0.1, 0.15) is 5.82 Å². The number of thioether (sulfide) groups is 1. The summed E-state index contributed by atoms with van der Waals surface area (Å²) in [4.78, 5) is 12.4. The maximum atomic E-state index is 13.2. The van der Waals surface area contributed by atoms with Crippen LogP contribution < -0.4 is 5.32 Å². The fourth-order valence-corrected chi connectivity index (χ4v) is 5.02. The molecule has 0 spiro atoms. The van der Waals surface area contributed by atoms with Gasteiger partial charge in [0.25, 0.3) is 0 Å². The smallest absolute Gasteiger partial charge is 0.220 e. The molecule has 1 N–H and O–H groups in total. The van der Waals surface area contributed by atoms with Crippen LogP contribution in [-0.4, -0.2) is 20.7 Å². The number of aryl methyl sites for hydroxylation is 1. The number of nitrogens with zero attached hydrogens (tertiary/aromatic N) is 3. The third-order valence-corrected chi connectivity index (χ3v) is 6.97. The van der Waals surface area contributed by atoms with Crippen LogP contribution in [0.1, 0.15) is 55.5 Å². The van der Waals surface area contributed by atoms with Crippen molar-refractivity contribution in [3.8, 4) is 5.69 Å². The Morgan fingerprint density at radius 1 is 1.09 bits per heavy atom. The highest BCUT2D eigenvalue weighted by Gasteiger charge is 2.18. The Balaban J connectivity index is 1.45. The highest BCUT2D eigenvalue weighted by atomic mass is 32.2. The lowest BCUT2D eigenvalue weighted by Crippen LogP contribution is -2.24. The number of hydrogen-bond donors (Lipinski definition) is 1. The van der Waals surface area contributed by atoms with Gasteiger partial charge < -0.3 is 5.32 Å². The van der Waals surface area contributed by atoms with Crippen LogP contribution in [-0.2, 0) is 17.1 Å². The highest BCUT2D eigenvalue weighted by molar-refractivity contribution is 7.98. The largest absolute Gasteiger partial charge is 0.349 e. The van der Waals surface area contributed by atoms with Crippen molar-refractivity contribution in [3.05, 3.63) is 71.3 Å². The van der Waals surface area contributed by atoms with Crippen LogP contribution in [0.4, 0.5) is 4.39 Å². The Morgan fingerprint density at radius 3 is 2.53 bits per heavy atom. The van der Waals surface area contributed by atoms with Gasteiger partial charge in [-0.1, -0.05) is 67.3 Å². The minimum absolute atomic E-state index is 0.0656. The van der Waals surface area contributed by atoms with E-state index in [0.717, 1.165) is 22.8 Å². The average Bonchev–Trinajstić information content (AvgIpc) is 3.46. The van der Waals surface area contributed by atoms with E-state index in [-0.39, 0.29) is 11.7 Å². The Kier molecular flexibility index (Phi) is 7.58. The molecule has 1 aliphatic carbocycles. The summed E-state index contributed by atoms with van der Waals surface area (Å²) in [5.74, 6) is 1.87. The molecule has 3 aromatic rings. The summed E-state index contributed by atoms with van der Waals surface area (Å²) in [7, 11) is 0. The molecule has 1 aromatic heterocycles. The number of nitrogens with one attached hydrogen (secondary N) is 1. The summed E-state index contributed by atoms with van der Waals surface area (Å²) in [6.07, 6.45) is 6.63. The first-order chi connectivity index (χ1) is 15.6. The molecule has 2 aromatic carbocycles. The second-order valence-corrected chi connectivity index (χ2v) is 9.39. The lowest BCUT2D eigenvalue weighted by Gasteiger charge is -2.12. The number of carbonyl (C=O) groups excluding carboxylic acids is 1. The summed E-state index contributed by atoms with van der Waals surface area (Å²) >= 11 is 1.54. The monoisotopic (exact) mass is 452 g/mol. The van der Waals surface area contributed by atoms with Crippen LogP contribution >= 0.6 is 11.8 Å². The maximum absolute atomic E-state index is 13.2.